The molecule has 0 spiro atoms. The maximum absolute atomic E-state index is 12.6. The number of Topliss-reactive ketones (excluding diaryl/α,β-unsaturated/α-hetero) is 2. The second-order valence-electron chi connectivity index (χ2n) is 10.3. The molecule has 2 aromatic heterocycles. The lowest BCUT2D eigenvalue weighted by atomic mass is 10.0. The van der Waals surface area contributed by atoms with Gasteiger partial charge in [-0.1, -0.05) is 37.0 Å². The minimum Gasteiger partial charge on any atom is -0.493 e. The molecular formula is C31H30Cl2O10S2. The number of carboxylic acid groups (broad SMARTS) is 2. The molecule has 0 radical (unpaired) electrons. The fourth-order valence-corrected chi connectivity index (χ4v) is 7.20. The Hall–Kier alpha value is -3.58. The number of thiophene rings is 2. The molecule has 0 fully saturated rings. The van der Waals surface area contributed by atoms with E-state index in [1.807, 2.05) is 0 Å². The zero-order valence-corrected chi connectivity index (χ0v) is 27.9. The van der Waals surface area contributed by atoms with Crippen molar-refractivity contribution in [1.29, 1.82) is 0 Å². The van der Waals surface area contributed by atoms with Gasteiger partial charge in [0.15, 0.2) is 34.6 Å². The van der Waals surface area contributed by atoms with Crippen LogP contribution < -0.4 is 18.9 Å². The summed E-state index contributed by atoms with van der Waals surface area (Å²) in [6.45, 7) is 3.34. The van der Waals surface area contributed by atoms with Gasteiger partial charge in [0.05, 0.1) is 59.1 Å². The standard InChI is InChI=1S/C31H30Cl2O10S2/c1-14(30(36)37)8-18(34)24-10-16-22(44-24)12-20(40-3)28(26(16)32)42-6-5-7-43-29-21(41-4)13-23-17(27(29)33)11-25(45-23)19(35)9-15(2)31(38)39/h10-15H,5-9H2,1-4H3,(H,36,37)(H,38,39)/t14-,15-/m0/s1. The number of carbonyl (C=O) groups is 4. The van der Waals surface area contributed by atoms with E-state index < -0.39 is 23.8 Å². The topological polar surface area (TPSA) is 146 Å². The van der Waals surface area contributed by atoms with Gasteiger partial charge in [-0.15, -0.1) is 22.7 Å². The molecular weight excluding hydrogens is 667 g/mol. The number of benzene rings is 2. The highest BCUT2D eigenvalue weighted by Gasteiger charge is 2.24. The Morgan fingerprint density at radius 1 is 0.711 bits per heavy atom. The number of hydrogen-bond donors (Lipinski definition) is 2. The minimum absolute atomic E-state index is 0.125. The van der Waals surface area contributed by atoms with Crippen molar-refractivity contribution < 1.29 is 48.3 Å². The molecule has 2 atom stereocenters. The molecule has 2 N–H and O–H groups in total. The number of carboxylic acids is 2. The minimum atomic E-state index is -1.04. The maximum atomic E-state index is 12.6. The van der Waals surface area contributed by atoms with Gasteiger partial charge in [0, 0.05) is 51.6 Å². The van der Waals surface area contributed by atoms with Crippen molar-refractivity contribution in [2.75, 3.05) is 27.4 Å². The van der Waals surface area contributed by atoms with Crippen molar-refractivity contribution in [2.24, 2.45) is 11.8 Å². The third kappa shape index (κ3) is 7.63. The molecule has 2 heterocycles. The predicted octanol–water partition coefficient (Wildman–Crippen LogP) is 7.87. The highest BCUT2D eigenvalue weighted by molar-refractivity contribution is 7.21. The summed E-state index contributed by atoms with van der Waals surface area (Å²) in [5.41, 5.74) is 0. The van der Waals surface area contributed by atoms with Crippen LogP contribution in [0.25, 0.3) is 20.2 Å². The molecule has 10 nitrogen and oxygen atoms in total. The SMILES string of the molecule is COc1cc2sc(C(=O)C[C@H](C)C(=O)O)cc2c(Cl)c1OCCCOc1c(OC)cc2sc(C(=O)C[C@H](C)C(=O)O)cc2c1Cl. The fraction of sp³-hybridized carbons (Fsp3) is 0.355. The average molecular weight is 698 g/mol. The first-order chi connectivity index (χ1) is 21.4. The largest absolute Gasteiger partial charge is 0.493 e. The first-order valence-electron chi connectivity index (χ1n) is 13.7. The van der Waals surface area contributed by atoms with E-state index in [1.165, 1.54) is 50.7 Å². The molecule has 2 aromatic carbocycles. The van der Waals surface area contributed by atoms with Gasteiger partial charge in [-0.05, 0) is 12.1 Å². The van der Waals surface area contributed by atoms with E-state index in [-0.39, 0.29) is 47.7 Å². The average Bonchev–Trinajstić information content (AvgIpc) is 3.63. The van der Waals surface area contributed by atoms with Gasteiger partial charge in [-0.3, -0.25) is 19.2 Å². The van der Waals surface area contributed by atoms with E-state index in [1.54, 1.807) is 24.3 Å². The lowest BCUT2D eigenvalue weighted by Gasteiger charge is -2.15. The number of ketones is 2. The lowest BCUT2D eigenvalue weighted by molar-refractivity contribution is -0.141. The van der Waals surface area contributed by atoms with Gasteiger partial charge in [0.1, 0.15) is 0 Å². The number of aliphatic carboxylic acids is 2. The summed E-state index contributed by atoms with van der Waals surface area (Å²) in [5, 5.41) is 20.0. The van der Waals surface area contributed by atoms with E-state index in [9.17, 15) is 19.2 Å². The molecule has 0 aliphatic carbocycles. The van der Waals surface area contributed by atoms with E-state index in [0.717, 1.165) is 0 Å². The summed E-state index contributed by atoms with van der Waals surface area (Å²) in [5.74, 6) is -2.92. The van der Waals surface area contributed by atoms with Crippen molar-refractivity contribution in [3.05, 3.63) is 44.1 Å². The molecule has 0 bridgehead atoms. The Balaban J connectivity index is 1.44. The van der Waals surface area contributed by atoms with Gasteiger partial charge in [-0.2, -0.15) is 0 Å². The molecule has 0 saturated heterocycles. The van der Waals surface area contributed by atoms with Gasteiger partial charge in [0.2, 0.25) is 0 Å². The number of methoxy groups -OCH3 is 2. The van der Waals surface area contributed by atoms with Crippen LogP contribution in [0.3, 0.4) is 0 Å². The van der Waals surface area contributed by atoms with E-state index in [4.69, 9.17) is 52.4 Å². The third-order valence-electron chi connectivity index (χ3n) is 6.96. The number of ether oxygens (including phenoxy) is 4. The van der Waals surface area contributed by atoms with Crippen LogP contribution >= 0.6 is 45.9 Å². The molecule has 4 rings (SSSR count). The summed E-state index contributed by atoms with van der Waals surface area (Å²) in [6.07, 6.45) is 0.162. The highest BCUT2D eigenvalue weighted by atomic mass is 35.5. The zero-order chi connectivity index (χ0) is 33.0. The predicted molar refractivity (Wildman–Crippen MR) is 174 cm³/mol. The van der Waals surface area contributed by atoms with Crippen LogP contribution in [-0.4, -0.2) is 61.2 Å². The number of rotatable bonds is 16. The molecule has 0 unspecified atom stereocenters. The molecule has 14 heteroatoms. The van der Waals surface area contributed by atoms with E-state index in [0.29, 0.717) is 59.3 Å². The molecule has 240 valence electrons. The number of halogens is 2. The molecule has 0 saturated carbocycles. The number of hydrogen-bond acceptors (Lipinski definition) is 10. The molecule has 0 aliphatic heterocycles. The van der Waals surface area contributed by atoms with Gasteiger partial charge in [0.25, 0.3) is 0 Å². The van der Waals surface area contributed by atoms with Crippen LogP contribution in [0.15, 0.2) is 24.3 Å². The molecule has 45 heavy (non-hydrogen) atoms. The summed E-state index contributed by atoms with van der Waals surface area (Å²) in [4.78, 5) is 48.4. The van der Waals surface area contributed by atoms with Crippen molar-refractivity contribution in [2.45, 2.75) is 33.1 Å². The summed E-state index contributed by atoms with van der Waals surface area (Å²) >= 11 is 15.8. The van der Waals surface area contributed by atoms with Gasteiger partial charge >= 0.3 is 11.9 Å². The monoisotopic (exact) mass is 696 g/mol. The van der Waals surface area contributed by atoms with Gasteiger partial charge in [-0.25, -0.2) is 0 Å². The van der Waals surface area contributed by atoms with Crippen LogP contribution in [-0.2, 0) is 9.59 Å². The molecule has 0 amide bonds. The van der Waals surface area contributed by atoms with Crippen molar-refractivity contribution in [1.82, 2.24) is 0 Å². The Kier molecular flexibility index (Phi) is 11.2. The van der Waals surface area contributed by atoms with Crippen LogP contribution in [0.2, 0.25) is 10.0 Å². The van der Waals surface area contributed by atoms with Crippen molar-refractivity contribution in [3.63, 3.8) is 0 Å². The Labute approximate surface area is 276 Å². The van der Waals surface area contributed by atoms with Crippen molar-refractivity contribution >= 4 is 89.6 Å². The highest BCUT2D eigenvalue weighted by Crippen LogP contribution is 2.46. The zero-order valence-electron chi connectivity index (χ0n) is 24.7. The summed E-state index contributed by atoms with van der Waals surface area (Å²) < 4.78 is 24.3. The first kappa shape index (κ1) is 34.3. The van der Waals surface area contributed by atoms with Crippen molar-refractivity contribution in [3.8, 4) is 23.0 Å². The maximum Gasteiger partial charge on any atom is 0.306 e. The Morgan fingerprint density at radius 3 is 1.42 bits per heavy atom. The van der Waals surface area contributed by atoms with Gasteiger partial charge < -0.3 is 29.2 Å². The van der Waals surface area contributed by atoms with E-state index in [2.05, 4.69) is 0 Å². The molecule has 0 aliphatic rings. The quantitative estimate of drug-likeness (QED) is 0.0876. The summed E-state index contributed by atoms with van der Waals surface area (Å²) in [7, 11) is 2.95. The normalized spacial score (nSPS) is 12.6. The van der Waals surface area contributed by atoms with Crippen LogP contribution in [0.1, 0.15) is 52.5 Å². The van der Waals surface area contributed by atoms with Crippen LogP contribution in [0.5, 0.6) is 23.0 Å². The van der Waals surface area contributed by atoms with Crippen LogP contribution in [0.4, 0.5) is 0 Å². The third-order valence-corrected chi connectivity index (χ3v) is 9.96. The lowest BCUT2D eigenvalue weighted by Crippen LogP contribution is -2.13. The summed E-state index contributed by atoms with van der Waals surface area (Å²) in [6, 6.07) is 6.71. The van der Waals surface area contributed by atoms with Crippen LogP contribution in [0, 0.1) is 11.8 Å². The number of carbonyl (C=O) groups excluding carboxylic acids is 2. The Bertz CT molecular complexity index is 1650. The van der Waals surface area contributed by atoms with E-state index >= 15 is 0 Å². The second-order valence-corrected chi connectivity index (χ2v) is 13.2. The fourth-order valence-electron chi connectivity index (χ4n) is 4.38. The molecule has 4 aromatic rings. The number of fused-ring (bicyclic) bond motifs is 2. The second kappa shape index (κ2) is 14.7. The smallest absolute Gasteiger partial charge is 0.306 e. The first-order valence-corrected chi connectivity index (χ1v) is 16.1. The Morgan fingerprint density at radius 2 is 1.09 bits per heavy atom.